The van der Waals surface area contributed by atoms with Crippen molar-refractivity contribution in [2.75, 3.05) is 0 Å². The molecular weight excluding hydrogens is 226 g/mol. The van der Waals surface area contributed by atoms with Gasteiger partial charge >= 0.3 is 6.16 Å². The van der Waals surface area contributed by atoms with Crippen LogP contribution in [0.4, 0.5) is 4.79 Å². The van der Waals surface area contributed by atoms with E-state index in [2.05, 4.69) is 4.84 Å². The second-order valence-corrected chi connectivity index (χ2v) is 4.89. The van der Waals surface area contributed by atoms with Gasteiger partial charge in [-0.2, -0.15) is 0 Å². The van der Waals surface area contributed by atoms with E-state index in [1.165, 1.54) is 6.42 Å². The fourth-order valence-electron chi connectivity index (χ4n) is 2.65. The largest absolute Gasteiger partial charge is 0.534 e. The standard InChI is InChI=1S/C11H13NO5/c13-9-1-2-10(14)12(9)17-11(15)16-8-4-6-3-7(6)5-8/h6-8H,1-5H2/t6-,7?,8?/m0/s1. The van der Waals surface area contributed by atoms with Crippen molar-refractivity contribution >= 4 is 18.0 Å². The van der Waals surface area contributed by atoms with E-state index < -0.39 is 18.0 Å². The highest BCUT2D eigenvalue weighted by atomic mass is 16.8. The quantitative estimate of drug-likeness (QED) is 0.531. The Morgan fingerprint density at radius 1 is 1.06 bits per heavy atom. The molecule has 2 aliphatic carbocycles. The van der Waals surface area contributed by atoms with Crippen LogP contribution in [0.2, 0.25) is 0 Å². The van der Waals surface area contributed by atoms with Crippen molar-refractivity contribution in [3.63, 3.8) is 0 Å². The Kier molecular flexibility index (Phi) is 2.31. The highest BCUT2D eigenvalue weighted by molar-refractivity contribution is 6.01. The van der Waals surface area contributed by atoms with Gasteiger partial charge in [0.25, 0.3) is 11.8 Å². The molecule has 0 aromatic carbocycles. The van der Waals surface area contributed by atoms with E-state index in [4.69, 9.17) is 4.74 Å². The van der Waals surface area contributed by atoms with E-state index in [-0.39, 0.29) is 18.9 Å². The van der Waals surface area contributed by atoms with Crippen LogP contribution in [0.5, 0.6) is 0 Å². The van der Waals surface area contributed by atoms with E-state index in [9.17, 15) is 14.4 Å². The average molecular weight is 239 g/mol. The molecule has 0 radical (unpaired) electrons. The SMILES string of the molecule is O=C(OC1CC2C[C@H]2C1)ON1C(=O)CCC1=O. The molecule has 0 N–H and O–H groups in total. The van der Waals surface area contributed by atoms with E-state index >= 15 is 0 Å². The number of imide groups is 1. The van der Waals surface area contributed by atoms with Gasteiger partial charge in [0.05, 0.1) is 0 Å². The summed E-state index contributed by atoms with van der Waals surface area (Å²) >= 11 is 0. The summed E-state index contributed by atoms with van der Waals surface area (Å²) in [5, 5.41) is 0.512. The molecule has 2 saturated carbocycles. The van der Waals surface area contributed by atoms with Gasteiger partial charge in [0.15, 0.2) is 0 Å². The second kappa shape index (κ2) is 3.72. The molecule has 0 bridgehead atoms. The van der Waals surface area contributed by atoms with Crippen LogP contribution in [-0.4, -0.2) is 29.1 Å². The zero-order valence-electron chi connectivity index (χ0n) is 9.26. The van der Waals surface area contributed by atoms with Gasteiger partial charge in [-0.1, -0.05) is 5.06 Å². The average Bonchev–Trinajstić information content (AvgIpc) is 2.78. The maximum Gasteiger partial charge on any atom is 0.534 e. The monoisotopic (exact) mass is 239 g/mol. The van der Waals surface area contributed by atoms with Gasteiger partial charge in [0.2, 0.25) is 0 Å². The fourth-order valence-corrected chi connectivity index (χ4v) is 2.65. The first-order valence-corrected chi connectivity index (χ1v) is 5.88. The van der Waals surface area contributed by atoms with Crippen LogP contribution in [-0.2, 0) is 19.2 Å². The molecule has 3 atom stereocenters. The van der Waals surface area contributed by atoms with Crippen LogP contribution in [0.3, 0.4) is 0 Å². The molecule has 1 heterocycles. The lowest BCUT2D eigenvalue weighted by Crippen LogP contribution is -2.33. The summed E-state index contributed by atoms with van der Waals surface area (Å²) in [5.74, 6) is 0.424. The molecule has 0 aromatic heterocycles. The molecule has 2 unspecified atom stereocenters. The zero-order valence-corrected chi connectivity index (χ0v) is 9.26. The molecule has 17 heavy (non-hydrogen) atoms. The summed E-state index contributed by atoms with van der Waals surface area (Å²) in [6.45, 7) is 0. The van der Waals surface area contributed by atoms with Gasteiger partial charge < -0.3 is 4.74 Å². The third-order valence-electron chi connectivity index (χ3n) is 3.63. The van der Waals surface area contributed by atoms with Crippen LogP contribution in [0.15, 0.2) is 0 Å². The molecular formula is C11H13NO5. The van der Waals surface area contributed by atoms with Gasteiger partial charge in [0.1, 0.15) is 6.10 Å². The first-order chi connectivity index (χ1) is 8.13. The van der Waals surface area contributed by atoms with Crippen LogP contribution in [0, 0.1) is 11.8 Å². The number of ether oxygens (including phenoxy) is 1. The lowest BCUT2D eigenvalue weighted by molar-refractivity contribution is -0.178. The van der Waals surface area contributed by atoms with Crippen molar-refractivity contribution in [2.45, 2.75) is 38.2 Å². The molecule has 3 fully saturated rings. The minimum atomic E-state index is -0.945. The Bertz CT molecular complexity index is 367. The molecule has 1 saturated heterocycles. The van der Waals surface area contributed by atoms with Gasteiger partial charge in [-0.15, -0.1) is 0 Å². The molecule has 1 aliphatic heterocycles. The highest BCUT2D eigenvalue weighted by Crippen LogP contribution is 2.52. The van der Waals surface area contributed by atoms with Crippen LogP contribution in [0.25, 0.3) is 0 Å². The van der Waals surface area contributed by atoms with Crippen molar-refractivity contribution in [3.05, 3.63) is 0 Å². The smallest absolute Gasteiger partial charge is 0.429 e. The summed E-state index contributed by atoms with van der Waals surface area (Å²) in [6, 6.07) is 0. The molecule has 6 nitrogen and oxygen atoms in total. The number of amides is 2. The van der Waals surface area contributed by atoms with Crippen molar-refractivity contribution in [1.82, 2.24) is 5.06 Å². The van der Waals surface area contributed by atoms with Crippen molar-refractivity contribution in [3.8, 4) is 0 Å². The van der Waals surface area contributed by atoms with Crippen molar-refractivity contribution < 1.29 is 24.0 Å². The normalized spacial score (nSPS) is 34.8. The lowest BCUT2D eigenvalue weighted by Gasteiger charge is -2.16. The van der Waals surface area contributed by atoms with Crippen LogP contribution in [0.1, 0.15) is 32.1 Å². The van der Waals surface area contributed by atoms with Gasteiger partial charge in [0, 0.05) is 12.8 Å². The number of rotatable bonds is 2. The summed E-state index contributed by atoms with van der Waals surface area (Å²) in [4.78, 5) is 38.4. The van der Waals surface area contributed by atoms with Crippen LogP contribution < -0.4 is 0 Å². The number of carbonyl (C=O) groups is 3. The zero-order chi connectivity index (χ0) is 12.0. The minimum Gasteiger partial charge on any atom is -0.429 e. The number of fused-ring (bicyclic) bond motifs is 1. The number of carbonyl (C=O) groups excluding carboxylic acids is 3. The summed E-state index contributed by atoms with van der Waals surface area (Å²) in [7, 11) is 0. The Hall–Kier alpha value is -1.59. The Labute approximate surface area is 97.8 Å². The lowest BCUT2D eigenvalue weighted by atomic mass is 10.2. The fraction of sp³-hybridized carbons (Fsp3) is 0.727. The van der Waals surface area contributed by atoms with Crippen molar-refractivity contribution in [1.29, 1.82) is 0 Å². The van der Waals surface area contributed by atoms with E-state index in [0.717, 1.165) is 12.8 Å². The summed E-state index contributed by atoms with van der Waals surface area (Å²) in [5.41, 5.74) is 0. The third-order valence-corrected chi connectivity index (χ3v) is 3.63. The van der Waals surface area contributed by atoms with Gasteiger partial charge in [-0.3, -0.25) is 14.4 Å². The maximum absolute atomic E-state index is 11.4. The van der Waals surface area contributed by atoms with Gasteiger partial charge in [-0.05, 0) is 31.1 Å². The molecule has 3 aliphatic rings. The molecule has 92 valence electrons. The maximum atomic E-state index is 11.4. The van der Waals surface area contributed by atoms with Crippen molar-refractivity contribution in [2.24, 2.45) is 11.8 Å². The molecule has 0 spiro atoms. The molecule has 6 heteroatoms. The van der Waals surface area contributed by atoms with Gasteiger partial charge in [-0.25, -0.2) is 4.79 Å². The minimum absolute atomic E-state index is 0.0969. The van der Waals surface area contributed by atoms with Crippen LogP contribution >= 0.6 is 0 Å². The first-order valence-electron chi connectivity index (χ1n) is 5.88. The van der Waals surface area contributed by atoms with E-state index in [1.807, 2.05) is 0 Å². The van der Waals surface area contributed by atoms with E-state index in [1.54, 1.807) is 0 Å². The number of hydroxylamine groups is 2. The molecule has 3 rings (SSSR count). The molecule has 2 amide bonds. The van der Waals surface area contributed by atoms with E-state index in [0.29, 0.717) is 16.9 Å². The number of hydrogen-bond donors (Lipinski definition) is 0. The Morgan fingerprint density at radius 2 is 1.65 bits per heavy atom. The number of nitrogens with zero attached hydrogens (tertiary/aromatic N) is 1. The summed E-state index contributed by atoms with van der Waals surface area (Å²) < 4.78 is 5.06. The topological polar surface area (TPSA) is 72.9 Å². The Morgan fingerprint density at radius 3 is 2.24 bits per heavy atom. The summed E-state index contributed by atoms with van der Waals surface area (Å²) in [6.07, 6.45) is 2.12. The Balaban J connectivity index is 1.49. The predicted molar refractivity (Wildman–Crippen MR) is 53.3 cm³/mol. The molecule has 0 aromatic rings. The third kappa shape index (κ3) is 1.99. The number of hydrogen-bond acceptors (Lipinski definition) is 5. The predicted octanol–water partition coefficient (Wildman–Crippen LogP) is 1.00. The second-order valence-electron chi connectivity index (χ2n) is 4.89. The first kappa shape index (κ1) is 10.6. The highest BCUT2D eigenvalue weighted by Gasteiger charge is 2.47.